The minimum Gasteiger partial charge on any atom is -0.379 e. The highest BCUT2D eigenvalue weighted by atomic mass is 19.1. The van der Waals surface area contributed by atoms with Gasteiger partial charge in [0.15, 0.2) is 0 Å². The molecule has 0 saturated carbocycles. The normalized spacial score (nSPS) is 12.2. The molecule has 3 aromatic carbocycles. The second-order valence-electron chi connectivity index (χ2n) is 9.23. The van der Waals surface area contributed by atoms with Crippen LogP contribution in [0.4, 0.5) is 4.39 Å². The Morgan fingerprint density at radius 2 is 1.57 bits per heavy atom. The Morgan fingerprint density at radius 3 is 2.23 bits per heavy atom. The fourth-order valence-corrected chi connectivity index (χ4v) is 4.17. The summed E-state index contributed by atoms with van der Waals surface area (Å²) in [5.74, 6) is -0.192. The summed E-state index contributed by atoms with van der Waals surface area (Å²) in [7, 11) is 0. The Morgan fingerprint density at radius 1 is 0.886 bits per heavy atom. The van der Waals surface area contributed by atoms with Gasteiger partial charge in [-0.3, -0.25) is 0 Å². The van der Waals surface area contributed by atoms with Crippen molar-refractivity contribution in [2.75, 3.05) is 6.61 Å². The van der Waals surface area contributed by atoms with Crippen LogP contribution < -0.4 is 0 Å². The molecular formula is C33H39FO. The summed E-state index contributed by atoms with van der Waals surface area (Å²) >= 11 is 0. The zero-order chi connectivity index (χ0) is 24.9. The third-order valence-corrected chi connectivity index (χ3v) is 6.30. The molecule has 2 heteroatoms. The minimum atomic E-state index is -0.192. The number of unbranched alkanes of at least 4 members (excludes halogenated alkanes) is 3. The van der Waals surface area contributed by atoms with Crippen LogP contribution in [0.5, 0.6) is 0 Å². The van der Waals surface area contributed by atoms with E-state index in [1.165, 1.54) is 18.4 Å². The van der Waals surface area contributed by atoms with E-state index >= 15 is 0 Å². The van der Waals surface area contributed by atoms with Crippen molar-refractivity contribution in [2.24, 2.45) is 0 Å². The molecule has 0 aliphatic rings. The lowest BCUT2D eigenvalue weighted by Crippen LogP contribution is -2.08. The van der Waals surface area contributed by atoms with E-state index in [0.29, 0.717) is 11.7 Å². The van der Waals surface area contributed by atoms with E-state index in [1.807, 2.05) is 36.4 Å². The second kappa shape index (κ2) is 14.4. The number of allylic oxidation sites excluding steroid dienone is 2. The number of hydrogen-bond acceptors (Lipinski definition) is 1. The molecule has 0 fully saturated rings. The molecule has 0 aliphatic carbocycles. The molecule has 0 aromatic heterocycles. The smallest absolute Gasteiger partial charge is 0.131 e. The number of ether oxygens (including phenoxy) is 1. The second-order valence-corrected chi connectivity index (χ2v) is 9.23. The maximum absolute atomic E-state index is 14.9. The Hall–Kier alpha value is -2.97. The van der Waals surface area contributed by atoms with Crippen LogP contribution in [-0.2, 0) is 11.2 Å². The largest absolute Gasteiger partial charge is 0.379 e. The van der Waals surface area contributed by atoms with Crippen molar-refractivity contribution >= 4 is 6.08 Å². The zero-order valence-corrected chi connectivity index (χ0v) is 21.3. The van der Waals surface area contributed by atoms with Crippen LogP contribution in [-0.4, -0.2) is 12.7 Å². The predicted molar refractivity (Wildman–Crippen MR) is 149 cm³/mol. The van der Waals surface area contributed by atoms with Crippen molar-refractivity contribution in [1.29, 1.82) is 0 Å². The maximum atomic E-state index is 14.9. The van der Waals surface area contributed by atoms with Crippen molar-refractivity contribution in [3.63, 3.8) is 0 Å². The molecule has 0 saturated heterocycles. The van der Waals surface area contributed by atoms with E-state index in [-0.39, 0.29) is 5.82 Å². The maximum Gasteiger partial charge on any atom is 0.131 e. The first kappa shape index (κ1) is 26.6. The molecule has 0 spiro atoms. The van der Waals surface area contributed by atoms with Crippen LogP contribution in [0, 0.1) is 5.82 Å². The molecule has 35 heavy (non-hydrogen) atoms. The molecule has 1 unspecified atom stereocenters. The third-order valence-electron chi connectivity index (χ3n) is 6.30. The highest BCUT2D eigenvalue weighted by molar-refractivity contribution is 5.71. The lowest BCUT2D eigenvalue weighted by atomic mass is 9.98. The summed E-state index contributed by atoms with van der Waals surface area (Å²) in [5, 5.41) is 0. The first-order valence-corrected chi connectivity index (χ1v) is 13.0. The van der Waals surface area contributed by atoms with Crippen LogP contribution >= 0.6 is 0 Å². The first-order chi connectivity index (χ1) is 17.1. The van der Waals surface area contributed by atoms with Crippen molar-refractivity contribution in [3.8, 4) is 22.3 Å². The standard InChI is InChI=1S/C33H39FO/c1-4-6-10-24-35-26(3)12-8-7-9-13-28-16-23-32(33(34)25-28)31-21-19-30(20-22-31)29-17-14-27(11-5-2)15-18-29/h5,9,13-23,25-26H,2,4,6-8,10-12,24H2,1,3H3/b13-9+. The van der Waals surface area contributed by atoms with Gasteiger partial charge in [0.05, 0.1) is 6.10 Å². The first-order valence-electron chi connectivity index (χ1n) is 13.0. The van der Waals surface area contributed by atoms with Crippen LogP contribution in [0.2, 0.25) is 0 Å². The summed E-state index contributed by atoms with van der Waals surface area (Å²) in [4.78, 5) is 0. The highest BCUT2D eigenvalue weighted by Crippen LogP contribution is 2.28. The van der Waals surface area contributed by atoms with Gasteiger partial charge in [-0.2, -0.15) is 0 Å². The molecule has 3 aromatic rings. The zero-order valence-electron chi connectivity index (χ0n) is 21.3. The lowest BCUT2D eigenvalue weighted by molar-refractivity contribution is 0.0566. The van der Waals surface area contributed by atoms with Crippen LogP contribution in [0.1, 0.15) is 63.5 Å². The Kier molecular flexibility index (Phi) is 11.0. The van der Waals surface area contributed by atoms with E-state index in [1.54, 1.807) is 6.07 Å². The third kappa shape index (κ3) is 8.64. The fourth-order valence-electron chi connectivity index (χ4n) is 4.17. The van der Waals surface area contributed by atoms with Crippen LogP contribution in [0.25, 0.3) is 28.3 Å². The Balaban J connectivity index is 1.51. The summed E-state index contributed by atoms with van der Waals surface area (Å²) in [6, 6.07) is 22.1. The molecule has 0 N–H and O–H groups in total. The SMILES string of the molecule is C=CCc1ccc(-c2ccc(-c3ccc(/C=C/CCCC(C)OCCCCC)cc3F)cc2)cc1. The lowest BCUT2D eigenvalue weighted by Gasteiger charge is -2.12. The summed E-state index contributed by atoms with van der Waals surface area (Å²) < 4.78 is 20.7. The predicted octanol–water partition coefficient (Wildman–Crippen LogP) is 9.67. The summed E-state index contributed by atoms with van der Waals surface area (Å²) in [6.45, 7) is 9.01. The van der Waals surface area contributed by atoms with Gasteiger partial charge in [0, 0.05) is 12.2 Å². The fraction of sp³-hybridized carbons (Fsp3) is 0.333. The number of hydrogen-bond donors (Lipinski definition) is 0. The van der Waals surface area contributed by atoms with E-state index in [0.717, 1.165) is 61.0 Å². The molecule has 0 radical (unpaired) electrons. The topological polar surface area (TPSA) is 9.23 Å². The minimum absolute atomic E-state index is 0.192. The average Bonchev–Trinajstić information content (AvgIpc) is 2.87. The van der Waals surface area contributed by atoms with E-state index in [4.69, 9.17) is 4.74 Å². The van der Waals surface area contributed by atoms with Gasteiger partial charge in [0.2, 0.25) is 0 Å². The molecule has 0 aliphatic heterocycles. The quantitative estimate of drug-likeness (QED) is 0.168. The monoisotopic (exact) mass is 470 g/mol. The molecule has 0 heterocycles. The Labute approximate surface area is 211 Å². The molecular weight excluding hydrogens is 431 g/mol. The van der Waals surface area contributed by atoms with Gasteiger partial charge in [0.25, 0.3) is 0 Å². The Bertz CT molecular complexity index is 1060. The van der Waals surface area contributed by atoms with Crippen molar-refractivity contribution in [2.45, 2.75) is 64.9 Å². The van der Waals surface area contributed by atoms with Gasteiger partial charge >= 0.3 is 0 Å². The van der Waals surface area contributed by atoms with Gasteiger partial charge < -0.3 is 4.74 Å². The van der Waals surface area contributed by atoms with Crippen molar-refractivity contribution in [1.82, 2.24) is 0 Å². The van der Waals surface area contributed by atoms with Crippen LogP contribution in [0.3, 0.4) is 0 Å². The van der Waals surface area contributed by atoms with Gasteiger partial charge in [-0.05, 0) is 72.9 Å². The highest BCUT2D eigenvalue weighted by Gasteiger charge is 2.07. The van der Waals surface area contributed by atoms with Gasteiger partial charge in [-0.1, -0.05) is 98.7 Å². The van der Waals surface area contributed by atoms with Gasteiger partial charge in [0.1, 0.15) is 5.82 Å². The molecule has 1 nitrogen and oxygen atoms in total. The molecule has 0 amide bonds. The number of halogens is 1. The molecule has 1 atom stereocenters. The molecule has 3 rings (SSSR count). The van der Waals surface area contributed by atoms with Gasteiger partial charge in [-0.25, -0.2) is 4.39 Å². The number of rotatable bonds is 14. The van der Waals surface area contributed by atoms with Crippen molar-refractivity contribution in [3.05, 3.63) is 102 Å². The summed E-state index contributed by atoms with van der Waals surface area (Å²) in [5.41, 5.74) is 5.94. The van der Waals surface area contributed by atoms with Crippen LogP contribution in [0.15, 0.2) is 85.5 Å². The average molecular weight is 471 g/mol. The van der Waals surface area contributed by atoms with E-state index in [9.17, 15) is 4.39 Å². The molecule has 184 valence electrons. The van der Waals surface area contributed by atoms with Gasteiger partial charge in [-0.15, -0.1) is 6.58 Å². The number of benzene rings is 3. The summed E-state index contributed by atoms with van der Waals surface area (Å²) in [6.07, 6.45) is 14.0. The molecule has 0 bridgehead atoms. The van der Waals surface area contributed by atoms with Crippen molar-refractivity contribution < 1.29 is 9.13 Å². The van der Waals surface area contributed by atoms with E-state index in [2.05, 4.69) is 62.9 Å². The van der Waals surface area contributed by atoms with E-state index < -0.39 is 0 Å².